The van der Waals surface area contributed by atoms with Crippen molar-refractivity contribution >= 4 is 34.0 Å². The molecule has 1 aromatic heterocycles. The van der Waals surface area contributed by atoms with Crippen LogP contribution in [0, 0.1) is 10.1 Å². The number of ether oxygens (including phenoxy) is 1. The van der Waals surface area contributed by atoms with Gasteiger partial charge in [-0.15, -0.1) is 0 Å². The average molecular weight is 454 g/mol. The van der Waals surface area contributed by atoms with Gasteiger partial charge in [0.05, 0.1) is 4.92 Å². The average Bonchev–Trinajstić information content (AvgIpc) is 2.87. The molecular weight excluding hydrogens is 432 g/mol. The lowest BCUT2D eigenvalue weighted by Gasteiger charge is -2.30. The number of pyridine rings is 1. The fraction of sp³-hybridized carbons (Fsp3) is 0.154. The molecule has 0 unspecified atom stereocenters. The number of nitro groups is 1. The predicted molar refractivity (Wildman–Crippen MR) is 130 cm³/mol. The summed E-state index contributed by atoms with van der Waals surface area (Å²) in [7, 11) is 0. The van der Waals surface area contributed by atoms with Crippen LogP contribution in [-0.4, -0.2) is 29.0 Å². The van der Waals surface area contributed by atoms with Crippen LogP contribution in [0.3, 0.4) is 0 Å². The minimum absolute atomic E-state index is 0.0379. The summed E-state index contributed by atoms with van der Waals surface area (Å²) in [5.74, 6) is 1.03. The van der Waals surface area contributed by atoms with Crippen LogP contribution in [0.25, 0.3) is 10.9 Å². The van der Waals surface area contributed by atoms with Crippen LogP contribution >= 0.6 is 0 Å². The standard InChI is InChI=1S/C26H22N4O4/c31-25(27-21-9-11-22(12-10-21)30(32)33)17-34-23-7-3-6-19-8-13-24(28-26(19)23)29-15-14-18-4-1-2-5-20(18)16-29/h1-13H,14-17H2,(H,27,31). The topological polar surface area (TPSA) is 97.6 Å². The minimum atomic E-state index is -0.487. The summed E-state index contributed by atoms with van der Waals surface area (Å²) in [6.07, 6.45) is 0.969. The first-order chi connectivity index (χ1) is 16.6. The SMILES string of the molecule is O=C(COc1cccc2ccc(N3CCc4ccccc4C3)nc12)Nc1ccc([N+](=O)[O-])cc1. The summed E-state index contributed by atoms with van der Waals surface area (Å²) in [4.78, 5) is 29.8. The molecule has 3 aromatic carbocycles. The van der Waals surface area contributed by atoms with E-state index in [9.17, 15) is 14.9 Å². The van der Waals surface area contributed by atoms with Crippen molar-refractivity contribution in [2.24, 2.45) is 0 Å². The van der Waals surface area contributed by atoms with E-state index in [-0.39, 0.29) is 18.2 Å². The second kappa shape index (κ2) is 9.19. The van der Waals surface area contributed by atoms with Gasteiger partial charge in [-0.25, -0.2) is 4.98 Å². The van der Waals surface area contributed by atoms with Gasteiger partial charge in [0.1, 0.15) is 17.1 Å². The van der Waals surface area contributed by atoms with Crippen molar-refractivity contribution in [3.8, 4) is 5.75 Å². The molecule has 1 aliphatic rings. The fourth-order valence-electron chi connectivity index (χ4n) is 4.10. The van der Waals surface area contributed by atoms with Crippen LogP contribution in [0.1, 0.15) is 11.1 Å². The Morgan fingerprint density at radius 2 is 1.79 bits per heavy atom. The van der Waals surface area contributed by atoms with E-state index in [0.29, 0.717) is 17.0 Å². The first-order valence-electron chi connectivity index (χ1n) is 11.0. The number of nitrogens with zero attached hydrogens (tertiary/aromatic N) is 3. The zero-order valence-electron chi connectivity index (χ0n) is 18.3. The van der Waals surface area contributed by atoms with E-state index in [1.165, 1.54) is 35.4 Å². The summed E-state index contributed by atoms with van der Waals surface area (Å²) < 4.78 is 5.81. The third-order valence-electron chi connectivity index (χ3n) is 5.84. The number of carbonyl (C=O) groups excluding carboxylic acids is 1. The number of non-ortho nitro benzene ring substituents is 1. The molecule has 5 rings (SSSR count). The predicted octanol–water partition coefficient (Wildman–Crippen LogP) is 4.72. The third kappa shape index (κ3) is 4.52. The number of hydrogen-bond acceptors (Lipinski definition) is 6. The zero-order valence-corrected chi connectivity index (χ0v) is 18.3. The molecule has 0 aliphatic carbocycles. The van der Waals surface area contributed by atoms with Gasteiger partial charge in [0.15, 0.2) is 6.61 Å². The number of rotatable bonds is 6. The third-order valence-corrected chi connectivity index (χ3v) is 5.84. The summed E-state index contributed by atoms with van der Waals surface area (Å²) in [6, 6.07) is 23.8. The van der Waals surface area contributed by atoms with Crippen molar-refractivity contribution in [2.75, 3.05) is 23.4 Å². The molecule has 0 fully saturated rings. The van der Waals surface area contributed by atoms with Gasteiger partial charge in [-0.2, -0.15) is 0 Å². The van der Waals surface area contributed by atoms with E-state index < -0.39 is 4.92 Å². The van der Waals surface area contributed by atoms with Crippen molar-refractivity contribution in [1.82, 2.24) is 4.98 Å². The molecule has 0 saturated carbocycles. The number of carbonyl (C=O) groups is 1. The Balaban J connectivity index is 1.30. The highest BCUT2D eigenvalue weighted by atomic mass is 16.6. The summed E-state index contributed by atoms with van der Waals surface area (Å²) in [5.41, 5.74) is 3.81. The Morgan fingerprint density at radius 3 is 2.59 bits per heavy atom. The molecule has 170 valence electrons. The normalized spacial score (nSPS) is 12.8. The molecule has 34 heavy (non-hydrogen) atoms. The van der Waals surface area contributed by atoms with Gasteiger partial charge in [0.2, 0.25) is 0 Å². The second-order valence-corrected chi connectivity index (χ2v) is 8.08. The molecule has 0 atom stereocenters. The Morgan fingerprint density at radius 1 is 1.00 bits per heavy atom. The molecule has 2 heterocycles. The largest absolute Gasteiger partial charge is 0.481 e. The maximum atomic E-state index is 12.4. The Kier molecular flexibility index (Phi) is 5.78. The lowest BCUT2D eigenvalue weighted by molar-refractivity contribution is -0.384. The molecule has 1 N–H and O–H groups in total. The minimum Gasteiger partial charge on any atom is -0.481 e. The number of hydrogen-bond donors (Lipinski definition) is 1. The number of para-hydroxylation sites is 1. The van der Waals surface area contributed by atoms with Crippen LogP contribution in [-0.2, 0) is 17.8 Å². The van der Waals surface area contributed by atoms with E-state index in [1.54, 1.807) is 6.07 Å². The van der Waals surface area contributed by atoms with Crippen molar-refractivity contribution in [3.63, 3.8) is 0 Å². The molecule has 8 nitrogen and oxygen atoms in total. The van der Waals surface area contributed by atoms with Gasteiger partial charge < -0.3 is 15.0 Å². The van der Waals surface area contributed by atoms with Crippen LogP contribution in [0.15, 0.2) is 78.9 Å². The molecule has 0 radical (unpaired) electrons. The number of amides is 1. The summed E-state index contributed by atoms with van der Waals surface area (Å²) >= 11 is 0. The maximum Gasteiger partial charge on any atom is 0.269 e. The number of anilines is 2. The van der Waals surface area contributed by atoms with Crippen LogP contribution < -0.4 is 15.0 Å². The molecule has 0 bridgehead atoms. The first-order valence-corrected chi connectivity index (χ1v) is 11.0. The Hall–Kier alpha value is -4.46. The smallest absolute Gasteiger partial charge is 0.269 e. The van der Waals surface area contributed by atoms with Crippen molar-refractivity contribution in [2.45, 2.75) is 13.0 Å². The fourth-order valence-corrected chi connectivity index (χ4v) is 4.10. The highest BCUT2D eigenvalue weighted by Crippen LogP contribution is 2.29. The number of nitrogens with one attached hydrogen (secondary N) is 1. The molecule has 1 amide bonds. The number of aromatic nitrogens is 1. The van der Waals surface area contributed by atoms with Crippen LogP contribution in [0.4, 0.5) is 17.2 Å². The van der Waals surface area contributed by atoms with Gasteiger partial charge in [-0.3, -0.25) is 14.9 Å². The van der Waals surface area contributed by atoms with Gasteiger partial charge in [0.25, 0.3) is 11.6 Å². The lowest BCUT2D eigenvalue weighted by Crippen LogP contribution is -2.30. The number of nitro benzene ring substituents is 1. The second-order valence-electron chi connectivity index (χ2n) is 8.08. The van der Waals surface area contributed by atoms with Gasteiger partial charge in [-0.1, -0.05) is 36.4 Å². The highest BCUT2D eigenvalue weighted by molar-refractivity contribution is 5.92. The number of fused-ring (bicyclic) bond motifs is 2. The van der Waals surface area contributed by atoms with Crippen molar-refractivity contribution in [3.05, 3.63) is 100 Å². The molecule has 4 aromatic rings. The van der Waals surface area contributed by atoms with Gasteiger partial charge in [0, 0.05) is 36.3 Å². The Labute approximate surface area is 196 Å². The molecule has 8 heteroatoms. The van der Waals surface area contributed by atoms with E-state index in [4.69, 9.17) is 9.72 Å². The van der Waals surface area contributed by atoms with Gasteiger partial charge >= 0.3 is 0 Å². The molecule has 0 saturated heterocycles. The van der Waals surface area contributed by atoms with E-state index in [0.717, 1.165) is 30.7 Å². The molecule has 0 spiro atoms. The molecule has 1 aliphatic heterocycles. The molecular formula is C26H22N4O4. The van der Waals surface area contributed by atoms with Crippen LogP contribution in [0.2, 0.25) is 0 Å². The monoisotopic (exact) mass is 454 g/mol. The Bertz CT molecular complexity index is 1370. The van der Waals surface area contributed by atoms with Gasteiger partial charge in [-0.05, 0) is 47.9 Å². The maximum absolute atomic E-state index is 12.4. The van der Waals surface area contributed by atoms with E-state index in [2.05, 4.69) is 34.5 Å². The summed E-state index contributed by atoms with van der Waals surface area (Å²) in [5, 5.41) is 14.4. The highest BCUT2D eigenvalue weighted by Gasteiger charge is 2.18. The quantitative estimate of drug-likeness (QED) is 0.334. The summed E-state index contributed by atoms with van der Waals surface area (Å²) in [6.45, 7) is 1.48. The first kappa shape index (κ1) is 21.4. The lowest BCUT2D eigenvalue weighted by atomic mass is 10.00. The van der Waals surface area contributed by atoms with E-state index in [1.807, 2.05) is 24.3 Å². The van der Waals surface area contributed by atoms with Crippen molar-refractivity contribution in [1.29, 1.82) is 0 Å². The van der Waals surface area contributed by atoms with E-state index >= 15 is 0 Å². The number of benzene rings is 3. The zero-order chi connectivity index (χ0) is 23.5. The van der Waals surface area contributed by atoms with Crippen LogP contribution in [0.5, 0.6) is 5.75 Å². The van der Waals surface area contributed by atoms with Crippen molar-refractivity contribution < 1.29 is 14.5 Å².